The van der Waals surface area contributed by atoms with E-state index in [0.29, 0.717) is 11.6 Å². The van der Waals surface area contributed by atoms with Gasteiger partial charge in [-0.1, -0.05) is 12.1 Å². The van der Waals surface area contributed by atoms with Crippen LogP contribution in [0, 0.1) is 5.92 Å². The van der Waals surface area contributed by atoms with Crippen LogP contribution in [-0.2, 0) is 16.4 Å². The van der Waals surface area contributed by atoms with Gasteiger partial charge in [-0.25, -0.2) is 8.42 Å². The lowest BCUT2D eigenvalue weighted by molar-refractivity contribution is 0.307. The molecule has 1 aromatic rings. The Morgan fingerprint density at radius 2 is 1.82 bits per heavy atom. The lowest BCUT2D eigenvalue weighted by atomic mass is 9.91. The molecule has 0 spiro atoms. The first-order chi connectivity index (χ1) is 10.0. The van der Waals surface area contributed by atoms with E-state index >= 15 is 0 Å². The topological polar surface area (TPSA) is 69.6 Å². The van der Waals surface area contributed by atoms with Gasteiger partial charge in [0.1, 0.15) is 0 Å². The maximum absolute atomic E-state index is 11.7. The first kappa shape index (κ1) is 19.2. The highest BCUT2D eigenvalue weighted by molar-refractivity contribution is 7.92. The molecule has 0 radical (unpaired) electrons. The summed E-state index contributed by atoms with van der Waals surface area (Å²) in [6.45, 7) is 2.07. The van der Waals surface area contributed by atoms with Crippen LogP contribution in [0.4, 0.5) is 5.69 Å². The number of anilines is 1. The van der Waals surface area contributed by atoms with E-state index in [1.165, 1.54) is 22.7 Å². The maximum atomic E-state index is 11.7. The smallest absolute Gasteiger partial charge is 0.232 e. The fourth-order valence-electron chi connectivity index (χ4n) is 2.79. The Morgan fingerprint density at radius 1 is 1.23 bits per heavy atom. The number of aliphatic hydroxyl groups is 1. The number of sulfonamides is 1. The summed E-state index contributed by atoms with van der Waals surface area (Å²) in [5, 5.41) is 12.4. The maximum Gasteiger partial charge on any atom is 0.232 e. The summed E-state index contributed by atoms with van der Waals surface area (Å²) in [6, 6.07) is 7.64. The van der Waals surface area contributed by atoms with Crippen molar-refractivity contribution in [1.29, 1.82) is 0 Å². The van der Waals surface area contributed by atoms with Crippen molar-refractivity contribution in [3.8, 4) is 0 Å². The Balaban J connectivity index is 0.00000242. The monoisotopic (exact) mass is 348 g/mol. The van der Waals surface area contributed by atoms with Gasteiger partial charge in [-0.2, -0.15) is 0 Å². The number of benzene rings is 1. The molecule has 2 N–H and O–H groups in total. The highest BCUT2D eigenvalue weighted by Crippen LogP contribution is 2.22. The minimum absolute atomic E-state index is 0. The molecule has 1 heterocycles. The van der Waals surface area contributed by atoms with Gasteiger partial charge in [-0.05, 0) is 56.0 Å². The molecule has 0 atom stereocenters. The number of rotatable bonds is 6. The van der Waals surface area contributed by atoms with Gasteiger partial charge in [0.05, 0.1) is 25.1 Å². The fourth-order valence-corrected chi connectivity index (χ4v) is 3.71. The average molecular weight is 349 g/mol. The van der Waals surface area contributed by atoms with Crippen LogP contribution in [0.3, 0.4) is 0 Å². The number of hydrogen-bond acceptors (Lipinski definition) is 4. The van der Waals surface area contributed by atoms with Crippen LogP contribution in [0.1, 0.15) is 18.4 Å². The lowest BCUT2D eigenvalue weighted by Crippen LogP contribution is -2.32. The molecule has 7 heteroatoms. The summed E-state index contributed by atoms with van der Waals surface area (Å²) in [5.74, 6) is 0.709. The molecule has 1 fully saturated rings. The van der Waals surface area contributed by atoms with E-state index in [9.17, 15) is 8.42 Å². The van der Waals surface area contributed by atoms with E-state index in [2.05, 4.69) is 5.32 Å². The highest BCUT2D eigenvalue weighted by atomic mass is 35.5. The molecule has 0 aromatic heterocycles. The Bertz CT molecular complexity index is 542. The third-order valence-corrected chi connectivity index (χ3v) is 5.10. The van der Waals surface area contributed by atoms with Crippen molar-refractivity contribution >= 4 is 28.1 Å². The molecule has 22 heavy (non-hydrogen) atoms. The SMILES string of the molecule is CS(=O)(=O)N(CCO)c1ccc(CC2CCNCC2)cc1.Cl. The van der Waals surface area contributed by atoms with Gasteiger partial charge >= 0.3 is 0 Å². The predicted octanol–water partition coefficient (Wildman–Crippen LogP) is 1.41. The van der Waals surface area contributed by atoms with Crippen LogP contribution < -0.4 is 9.62 Å². The second-order valence-corrected chi connectivity index (χ2v) is 7.53. The van der Waals surface area contributed by atoms with Crippen LogP contribution in [0.5, 0.6) is 0 Å². The lowest BCUT2D eigenvalue weighted by Gasteiger charge is -2.24. The van der Waals surface area contributed by atoms with Gasteiger partial charge in [0, 0.05) is 0 Å². The van der Waals surface area contributed by atoms with Gasteiger partial charge in [0.2, 0.25) is 10.0 Å². The molecule has 0 aliphatic carbocycles. The molecule has 5 nitrogen and oxygen atoms in total. The minimum atomic E-state index is -3.36. The van der Waals surface area contributed by atoms with E-state index in [1.807, 2.05) is 24.3 Å². The van der Waals surface area contributed by atoms with Crippen molar-refractivity contribution in [2.45, 2.75) is 19.3 Å². The first-order valence-corrected chi connectivity index (χ1v) is 9.24. The summed E-state index contributed by atoms with van der Waals surface area (Å²) in [4.78, 5) is 0. The predicted molar refractivity (Wildman–Crippen MR) is 92.3 cm³/mol. The molecule has 0 bridgehead atoms. The van der Waals surface area contributed by atoms with Crippen LogP contribution in [-0.4, -0.2) is 46.0 Å². The van der Waals surface area contributed by atoms with Crippen molar-refractivity contribution in [2.75, 3.05) is 36.8 Å². The Hall–Kier alpha value is -0.820. The zero-order valence-electron chi connectivity index (χ0n) is 12.9. The number of hydrogen-bond donors (Lipinski definition) is 2. The van der Waals surface area contributed by atoms with Gasteiger partial charge < -0.3 is 10.4 Å². The second kappa shape index (κ2) is 8.72. The van der Waals surface area contributed by atoms with E-state index in [4.69, 9.17) is 5.11 Å². The molecular weight excluding hydrogens is 324 g/mol. The summed E-state index contributed by atoms with van der Waals surface area (Å²) in [7, 11) is -3.36. The number of nitrogens with zero attached hydrogens (tertiary/aromatic N) is 1. The van der Waals surface area contributed by atoms with Crippen LogP contribution >= 0.6 is 12.4 Å². The third-order valence-electron chi connectivity index (χ3n) is 3.91. The Morgan fingerprint density at radius 3 is 2.32 bits per heavy atom. The van der Waals surface area contributed by atoms with Crippen LogP contribution in [0.2, 0.25) is 0 Å². The molecule has 0 unspecified atom stereocenters. The number of halogens is 1. The molecule has 2 rings (SSSR count). The molecule has 1 aliphatic rings. The fraction of sp³-hybridized carbons (Fsp3) is 0.600. The number of piperidine rings is 1. The first-order valence-electron chi connectivity index (χ1n) is 7.39. The van der Waals surface area contributed by atoms with Gasteiger partial charge in [-0.15, -0.1) is 12.4 Å². The van der Waals surface area contributed by atoms with Gasteiger partial charge in [0.15, 0.2) is 0 Å². The van der Waals surface area contributed by atoms with Crippen molar-refractivity contribution in [3.63, 3.8) is 0 Å². The molecule has 1 aliphatic heterocycles. The molecule has 126 valence electrons. The van der Waals surface area contributed by atoms with Gasteiger partial charge in [-0.3, -0.25) is 4.31 Å². The summed E-state index contributed by atoms with van der Waals surface area (Å²) >= 11 is 0. The standard InChI is InChI=1S/C15H24N2O3S.ClH/c1-21(19,20)17(10-11-18)15-4-2-13(3-5-15)12-14-6-8-16-9-7-14;/h2-5,14,16,18H,6-12H2,1H3;1H. The summed E-state index contributed by atoms with van der Waals surface area (Å²) in [5.41, 5.74) is 1.85. The van der Waals surface area contributed by atoms with E-state index in [1.54, 1.807) is 0 Å². The van der Waals surface area contributed by atoms with Crippen molar-refractivity contribution in [2.24, 2.45) is 5.92 Å². The normalized spacial score (nSPS) is 16.1. The van der Waals surface area contributed by atoms with Crippen LogP contribution in [0.15, 0.2) is 24.3 Å². The molecule has 0 saturated carbocycles. The minimum Gasteiger partial charge on any atom is -0.394 e. The van der Waals surface area contributed by atoms with E-state index in [-0.39, 0.29) is 25.6 Å². The molecule has 1 saturated heterocycles. The zero-order valence-corrected chi connectivity index (χ0v) is 14.5. The summed E-state index contributed by atoms with van der Waals surface area (Å²) in [6.07, 6.45) is 4.59. The van der Waals surface area contributed by atoms with Crippen molar-refractivity contribution in [3.05, 3.63) is 29.8 Å². The average Bonchev–Trinajstić information content (AvgIpc) is 2.46. The third kappa shape index (κ3) is 5.43. The van der Waals surface area contributed by atoms with Gasteiger partial charge in [0.25, 0.3) is 0 Å². The second-order valence-electron chi connectivity index (χ2n) is 5.62. The van der Waals surface area contributed by atoms with E-state index < -0.39 is 10.0 Å². The highest BCUT2D eigenvalue weighted by Gasteiger charge is 2.17. The zero-order chi connectivity index (χ0) is 15.3. The molecular formula is C15H25ClN2O3S. The quantitative estimate of drug-likeness (QED) is 0.815. The molecule has 1 aromatic carbocycles. The van der Waals surface area contributed by atoms with Crippen molar-refractivity contribution < 1.29 is 13.5 Å². The van der Waals surface area contributed by atoms with Crippen LogP contribution in [0.25, 0.3) is 0 Å². The molecule has 0 amide bonds. The van der Waals surface area contributed by atoms with E-state index in [0.717, 1.165) is 25.8 Å². The number of aliphatic hydroxyl groups excluding tert-OH is 1. The number of nitrogens with one attached hydrogen (secondary N) is 1. The van der Waals surface area contributed by atoms with Crippen molar-refractivity contribution in [1.82, 2.24) is 5.32 Å². The Labute approximate surface area is 139 Å². The summed E-state index contributed by atoms with van der Waals surface area (Å²) < 4.78 is 24.7. The largest absolute Gasteiger partial charge is 0.394 e. The Kier molecular flexibility index (Phi) is 7.62.